The molecule has 0 unspecified atom stereocenters. The molecule has 0 saturated carbocycles. The lowest BCUT2D eigenvalue weighted by Gasteiger charge is -1.97. The van der Waals surface area contributed by atoms with Crippen molar-refractivity contribution in [3.05, 3.63) is 76.8 Å². The standard InChI is InChI=1S/C13H8F2N2/c14-11-5-1-9(2-6-11)13(17-16)10-3-7-12(15)8-4-10/h1-8H. The van der Waals surface area contributed by atoms with Gasteiger partial charge in [0.1, 0.15) is 11.6 Å². The predicted octanol–water partition coefficient (Wildman–Crippen LogP) is 3.03. The van der Waals surface area contributed by atoms with Gasteiger partial charge in [-0.05, 0) is 48.5 Å². The largest absolute Gasteiger partial charge is 0.361 e. The van der Waals surface area contributed by atoms with E-state index < -0.39 is 0 Å². The van der Waals surface area contributed by atoms with Crippen LogP contribution in [0.4, 0.5) is 8.78 Å². The van der Waals surface area contributed by atoms with Gasteiger partial charge in [-0.15, -0.1) is 0 Å². The fraction of sp³-hybridized carbons (Fsp3) is 0. The number of benzene rings is 2. The van der Waals surface area contributed by atoms with Crippen molar-refractivity contribution in [3.63, 3.8) is 0 Å². The minimum atomic E-state index is -0.370. The van der Waals surface area contributed by atoms with Gasteiger partial charge in [0.25, 0.3) is 0 Å². The number of nitrogens with zero attached hydrogens (tertiary/aromatic N) is 2. The Balaban J connectivity index is 2.44. The second kappa shape index (κ2) is 4.68. The molecule has 2 nitrogen and oxygen atoms in total. The second-order valence-electron chi connectivity index (χ2n) is 3.46. The maximum atomic E-state index is 12.8. The van der Waals surface area contributed by atoms with E-state index in [4.69, 9.17) is 5.53 Å². The summed E-state index contributed by atoms with van der Waals surface area (Å²) >= 11 is 0. The van der Waals surface area contributed by atoms with Crippen molar-refractivity contribution in [3.8, 4) is 0 Å². The van der Waals surface area contributed by atoms with E-state index in [-0.39, 0.29) is 17.3 Å². The highest BCUT2D eigenvalue weighted by Gasteiger charge is 2.14. The van der Waals surface area contributed by atoms with Crippen LogP contribution < -0.4 is 0 Å². The van der Waals surface area contributed by atoms with E-state index in [0.29, 0.717) is 11.1 Å². The molecule has 0 fully saturated rings. The summed E-state index contributed by atoms with van der Waals surface area (Å²) in [4.78, 5) is 3.16. The Kier molecular flexibility index (Phi) is 3.08. The van der Waals surface area contributed by atoms with Crippen LogP contribution in [0.3, 0.4) is 0 Å². The molecule has 2 aromatic carbocycles. The maximum Gasteiger partial charge on any atom is 0.329 e. The Hall–Kier alpha value is -2.32. The molecule has 0 bridgehead atoms. The minimum Gasteiger partial charge on any atom is -0.361 e. The molecule has 0 amide bonds. The molecule has 0 spiro atoms. The molecule has 0 N–H and O–H groups in total. The molecule has 0 aliphatic carbocycles. The summed E-state index contributed by atoms with van der Waals surface area (Å²) in [6, 6.07) is 11.0. The normalized spacial score (nSPS) is 9.76. The third-order valence-electron chi connectivity index (χ3n) is 2.34. The summed E-state index contributed by atoms with van der Waals surface area (Å²) in [5.41, 5.74) is 10.4. The molecule has 0 aliphatic heterocycles. The van der Waals surface area contributed by atoms with Gasteiger partial charge in [0, 0.05) is 0 Å². The molecule has 0 aromatic heterocycles. The summed E-state index contributed by atoms with van der Waals surface area (Å²) in [6.45, 7) is 0. The zero-order valence-corrected chi connectivity index (χ0v) is 8.77. The van der Waals surface area contributed by atoms with Crippen LogP contribution in [0.2, 0.25) is 0 Å². The van der Waals surface area contributed by atoms with Crippen LogP contribution in [0.1, 0.15) is 11.1 Å². The van der Waals surface area contributed by atoms with Crippen LogP contribution in [-0.2, 0) is 0 Å². The van der Waals surface area contributed by atoms with Crippen molar-refractivity contribution in [2.45, 2.75) is 0 Å². The molecule has 2 rings (SSSR count). The summed E-state index contributed by atoms with van der Waals surface area (Å²) in [7, 11) is 0. The fourth-order valence-electron chi connectivity index (χ4n) is 1.50. The van der Waals surface area contributed by atoms with E-state index in [1.165, 1.54) is 48.5 Å². The predicted molar refractivity (Wildman–Crippen MR) is 59.6 cm³/mol. The topological polar surface area (TPSA) is 36.4 Å². The average molecular weight is 230 g/mol. The monoisotopic (exact) mass is 230 g/mol. The lowest BCUT2D eigenvalue weighted by atomic mass is 10.0. The van der Waals surface area contributed by atoms with Gasteiger partial charge >= 0.3 is 5.71 Å². The third kappa shape index (κ3) is 2.44. The highest BCUT2D eigenvalue weighted by atomic mass is 19.1. The van der Waals surface area contributed by atoms with Gasteiger partial charge in [0.2, 0.25) is 0 Å². The Morgan fingerprint density at radius 3 is 1.41 bits per heavy atom. The first kappa shape index (κ1) is 11.2. The molecular weight excluding hydrogens is 222 g/mol. The van der Waals surface area contributed by atoms with Crippen LogP contribution >= 0.6 is 0 Å². The number of rotatable bonds is 2. The first-order valence-corrected chi connectivity index (χ1v) is 4.94. The van der Waals surface area contributed by atoms with Gasteiger partial charge in [-0.25, -0.2) is 8.78 Å². The first-order chi connectivity index (χ1) is 8.20. The molecule has 0 aliphatic rings. The quantitative estimate of drug-likeness (QED) is 0.432. The van der Waals surface area contributed by atoms with Gasteiger partial charge in [-0.3, -0.25) is 0 Å². The van der Waals surface area contributed by atoms with Crippen molar-refractivity contribution < 1.29 is 13.6 Å². The van der Waals surface area contributed by atoms with Crippen molar-refractivity contribution >= 4 is 5.71 Å². The van der Waals surface area contributed by atoms with Gasteiger partial charge < -0.3 is 5.53 Å². The molecular formula is C13H8F2N2. The minimum absolute atomic E-state index is 0.269. The summed E-state index contributed by atoms with van der Waals surface area (Å²) < 4.78 is 25.5. The Labute approximate surface area is 96.8 Å². The van der Waals surface area contributed by atoms with E-state index in [9.17, 15) is 8.78 Å². The van der Waals surface area contributed by atoms with Crippen molar-refractivity contribution in [2.75, 3.05) is 0 Å². The van der Waals surface area contributed by atoms with Crippen LogP contribution in [0.15, 0.2) is 48.5 Å². The lowest BCUT2D eigenvalue weighted by Crippen LogP contribution is -2.04. The van der Waals surface area contributed by atoms with E-state index in [2.05, 4.69) is 4.79 Å². The van der Waals surface area contributed by atoms with Crippen LogP contribution in [0, 0.1) is 11.6 Å². The second-order valence-corrected chi connectivity index (χ2v) is 3.46. The fourth-order valence-corrected chi connectivity index (χ4v) is 1.50. The van der Waals surface area contributed by atoms with E-state index >= 15 is 0 Å². The first-order valence-electron chi connectivity index (χ1n) is 4.94. The molecule has 0 heterocycles. The van der Waals surface area contributed by atoms with Gasteiger partial charge in [-0.2, -0.15) is 4.79 Å². The highest BCUT2D eigenvalue weighted by Crippen LogP contribution is 2.11. The number of halogens is 2. The Morgan fingerprint density at radius 1 is 0.765 bits per heavy atom. The molecule has 0 saturated heterocycles. The molecule has 2 aromatic rings. The third-order valence-corrected chi connectivity index (χ3v) is 2.34. The molecule has 0 atom stereocenters. The Morgan fingerprint density at radius 2 is 1.12 bits per heavy atom. The smallest absolute Gasteiger partial charge is 0.329 e. The van der Waals surface area contributed by atoms with E-state index in [1.54, 1.807) is 0 Å². The molecule has 4 heteroatoms. The number of hydrogen-bond acceptors (Lipinski definition) is 0. The van der Waals surface area contributed by atoms with Gasteiger partial charge in [0.05, 0.1) is 11.1 Å². The number of hydrogen-bond donors (Lipinski definition) is 0. The van der Waals surface area contributed by atoms with E-state index in [0.717, 1.165) is 0 Å². The van der Waals surface area contributed by atoms with Gasteiger partial charge in [0.15, 0.2) is 0 Å². The van der Waals surface area contributed by atoms with Crippen LogP contribution in [0.25, 0.3) is 5.53 Å². The van der Waals surface area contributed by atoms with Crippen molar-refractivity contribution in [2.24, 2.45) is 0 Å². The van der Waals surface area contributed by atoms with Crippen LogP contribution in [-0.4, -0.2) is 10.5 Å². The zero-order chi connectivity index (χ0) is 12.3. The summed E-state index contributed by atoms with van der Waals surface area (Å²) in [5.74, 6) is -0.740. The summed E-state index contributed by atoms with van der Waals surface area (Å²) in [6.07, 6.45) is 0. The van der Waals surface area contributed by atoms with E-state index in [1.807, 2.05) is 0 Å². The summed E-state index contributed by atoms with van der Waals surface area (Å²) in [5, 5.41) is 0. The lowest BCUT2D eigenvalue weighted by molar-refractivity contribution is -0.00279. The van der Waals surface area contributed by atoms with Gasteiger partial charge in [-0.1, -0.05) is 0 Å². The Bertz CT molecular complexity index is 520. The molecule has 17 heavy (non-hydrogen) atoms. The molecule has 84 valence electrons. The molecule has 0 radical (unpaired) electrons. The highest BCUT2D eigenvalue weighted by molar-refractivity contribution is 6.09. The van der Waals surface area contributed by atoms with Crippen molar-refractivity contribution in [1.29, 1.82) is 0 Å². The average Bonchev–Trinajstić information content (AvgIpc) is 2.35. The van der Waals surface area contributed by atoms with Crippen molar-refractivity contribution in [1.82, 2.24) is 0 Å². The van der Waals surface area contributed by atoms with Crippen LogP contribution in [0.5, 0.6) is 0 Å². The SMILES string of the molecule is [N-]=[N+]=C(c1ccc(F)cc1)c1ccc(F)cc1. The zero-order valence-electron chi connectivity index (χ0n) is 8.77. The maximum absolute atomic E-state index is 12.8.